The van der Waals surface area contributed by atoms with Gasteiger partial charge in [0.25, 0.3) is 0 Å². The zero-order valence-corrected chi connectivity index (χ0v) is 12.0. The number of pyridine rings is 1. The molecule has 2 bridgehead atoms. The third-order valence-corrected chi connectivity index (χ3v) is 5.07. The third-order valence-electron chi connectivity index (χ3n) is 5.07. The smallest absolute Gasteiger partial charge is 0.0569 e. The van der Waals surface area contributed by atoms with Crippen LogP contribution >= 0.6 is 0 Å². The van der Waals surface area contributed by atoms with Crippen LogP contribution < -0.4 is 10.6 Å². The first-order chi connectivity index (χ1) is 9.13. The highest BCUT2D eigenvalue weighted by atomic mass is 15.1. The molecule has 1 aromatic heterocycles. The highest BCUT2D eigenvalue weighted by Crippen LogP contribution is 2.48. The molecule has 19 heavy (non-hydrogen) atoms. The molecule has 4 atom stereocenters. The molecule has 0 saturated heterocycles. The Kier molecular flexibility index (Phi) is 3.48. The first-order valence-corrected chi connectivity index (χ1v) is 7.56. The molecule has 0 amide bonds. The van der Waals surface area contributed by atoms with E-state index in [2.05, 4.69) is 29.1 Å². The van der Waals surface area contributed by atoms with E-state index in [0.29, 0.717) is 0 Å². The lowest BCUT2D eigenvalue weighted by Crippen LogP contribution is -2.28. The molecule has 4 unspecified atom stereocenters. The van der Waals surface area contributed by atoms with Crippen molar-refractivity contribution in [3.8, 4) is 0 Å². The Bertz CT molecular complexity index is 426. The Morgan fingerprint density at radius 2 is 2.21 bits per heavy atom. The van der Waals surface area contributed by atoms with Crippen LogP contribution in [0.4, 0.5) is 5.69 Å². The molecular formula is C16H25N3. The van der Waals surface area contributed by atoms with Gasteiger partial charge in [0, 0.05) is 19.6 Å². The number of hydrogen-bond donors (Lipinski definition) is 1. The molecule has 1 heterocycles. The number of aromatic nitrogens is 1. The van der Waals surface area contributed by atoms with E-state index in [1.165, 1.54) is 37.9 Å². The van der Waals surface area contributed by atoms with Crippen LogP contribution in [0.1, 0.15) is 44.3 Å². The molecule has 2 saturated carbocycles. The summed E-state index contributed by atoms with van der Waals surface area (Å²) in [4.78, 5) is 6.82. The van der Waals surface area contributed by atoms with Crippen LogP contribution in [0.2, 0.25) is 0 Å². The number of nitrogens with two attached hydrogens (primary N) is 1. The Morgan fingerprint density at radius 1 is 1.37 bits per heavy atom. The average Bonchev–Trinajstić information content (AvgIpc) is 3.01. The Balaban J connectivity index is 1.62. The van der Waals surface area contributed by atoms with Gasteiger partial charge in [-0.3, -0.25) is 4.98 Å². The maximum atomic E-state index is 5.84. The number of anilines is 1. The molecule has 3 nitrogen and oxygen atoms in total. The lowest BCUT2D eigenvalue weighted by atomic mass is 9.88. The monoisotopic (exact) mass is 259 g/mol. The summed E-state index contributed by atoms with van der Waals surface area (Å²) in [5.74, 6) is 2.92. The Labute approximate surface area is 116 Å². The number of fused-ring (bicyclic) bond motifs is 2. The van der Waals surface area contributed by atoms with Gasteiger partial charge in [-0.25, -0.2) is 0 Å². The van der Waals surface area contributed by atoms with E-state index in [1.54, 1.807) is 0 Å². The highest BCUT2D eigenvalue weighted by molar-refractivity contribution is 5.44. The fourth-order valence-corrected chi connectivity index (χ4v) is 3.95. The minimum Gasteiger partial charge on any atom is -0.373 e. The number of rotatable bonds is 4. The zero-order valence-electron chi connectivity index (χ0n) is 12.0. The summed E-state index contributed by atoms with van der Waals surface area (Å²) in [7, 11) is 2.19. The largest absolute Gasteiger partial charge is 0.373 e. The van der Waals surface area contributed by atoms with E-state index < -0.39 is 0 Å². The van der Waals surface area contributed by atoms with Crippen molar-refractivity contribution in [2.24, 2.45) is 23.5 Å². The SMILES string of the molecule is CC(N)c1ccc(N(C)CC2CC3CCC2C3)cn1. The van der Waals surface area contributed by atoms with E-state index in [4.69, 9.17) is 5.73 Å². The van der Waals surface area contributed by atoms with Crippen LogP contribution in [0.25, 0.3) is 0 Å². The molecule has 0 spiro atoms. The minimum atomic E-state index is 0.0184. The van der Waals surface area contributed by atoms with Crippen molar-refractivity contribution in [2.45, 2.75) is 38.6 Å². The van der Waals surface area contributed by atoms with Crippen LogP contribution in [0, 0.1) is 17.8 Å². The van der Waals surface area contributed by atoms with Crippen molar-refractivity contribution < 1.29 is 0 Å². The van der Waals surface area contributed by atoms with Crippen LogP contribution in [0.3, 0.4) is 0 Å². The summed E-state index contributed by atoms with van der Waals surface area (Å²) >= 11 is 0. The molecule has 1 aromatic rings. The molecule has 104 valence electrons. The van der Waals surface area contributed by atoms with Gasteiger partial charge in [-0.2, -0.15) is 0 Å². The van der Waals surface area contributed by atoms with E-state index in [1.807, 2.05) is 13.1 Å². The summed E-state index contributed by atoms with van der Waals surface area (Å²) in [5.41, 5.74) is 8.02. The predicted octanol–water partition coefficient (Wildman–Crippen LogP) is 2.97. The summed E-state index contributed by atoms with van der Waals surface area (Å²) in [6, 6.07) is 4.22. The second kappa shape index (κ2) is 5.12. The molecule has 3 rings (SSSR count). The molecule has 0 radical (unpaired) electrons. The summed E-state index contributed by atoms with van der Waals surface area (Å²) in [6.07, 6.45) is 7.84. The van der Waals surface area contributed by atoms with Gasteiger partial charge >= 0.3 is 0 Å². The molecule has 3 heteroatoms. The fourth-order valence-electron chi connectivity index (χ4n) is 3.95. The molecule has 2 fully saturated rings. The van der Waals surface area contributed by atoms with Gasteiger partial charge in [-0.1, -0.05) is 6.42 Å². The maximum absolute atomic E-state index is 5.84. The van der Waals surface area contributed by atoms with Gasteiger partial charge in [0.15, 0.2) is 0 Å². The molecule has 2 N–H and O–H groups in total. The summed E-state index contributed by atoms with van der Waals surface area (Å²) in [5, 5.41) is 0. The van der Waals surface area contributed by atoms with Crippen molar-refractivity contribution in [3.63, 3.8) is 0 Å². The normalized spacial score (nSPS) is 30.6. The number of hydrogen-bond acceptors (Lipinski definition) is 3. The van der Waals surface area contributed by atoms with Gasteiger partial charge in [-0.15, -0.1) is 0 Å². The van der Waals surface area contributed by atoms with Crippen LogP contribution in [0.15, 0.2) is 18.3 Å². The van der Waals surface area contributed by atoms with E-state index in [-0.39, 0.29) is 6.04 Å². The highest BCUT2D eigenvalue weighted by Gasteiger charge is 2.39. The fraction of sp³-hybridized carbons (Fsp3) is 0.688. The second-order valence-corrected chi connectivity index (χ2v) is 6.55. The lowest BCUT2D eigenvalue weighted by molar-refractivity contribution is 0.337. The van der Waals surface area contributed by atoms with E-state index >= 15 is 0 Å². The first-order valence-electron chi connectivity index (χ1n) is 7.56. The van der Waals surface area contributed by atoms with Gasteiger partial charge in [0.1, 0.15) is 0 Å². The minimum absolute atomic E-state index is 0.0184. The molecule has 2 aliphatic carbocycles. The molecular weight excluding hydrogens is 234 g/mol. The average molecular weight is 259 g/mol. The molecule has 2 aliphatic rings. The predicted molar refractivity (Wildman–Crippen MR) is 79.0 cm³/mol. The Hall–Kier alpha value is -1.09. The molecule has 0 aromatic carbocycles. The van der Waals surface area contributed by atoms with Crippen molar-refractivity contribution in [1.82, 2.24) is 4.98 Å². The zero-order chi connectivity index (χ0) is 13.4. The first kappa shape index (κ1) is 12.9. The third kappa shape index (κ3) is 2.62. The van der Waals surface area contributed by atoms with E-state index in [9.17, 15) is 0 Å². The van der Waals surface area contributed by atoms with Crippen molar-refractivity contribution in [3.05, 3.63) is 24.0 Å². The number of nitrogens with zero attached hydrogens (tertiary/aromatic N) is 2. The van der Waals surface area contributed by atoms with Crippen LogP contribution in [-0.2, 0) is 0 Å². The standard InChI is InChI=1S/C16H25N3/c1-11(17)16-6-5-15(9-18-16)19(2)10-14-8-12-3-4-13(14)7-12/h5-6,9,11-14H,3-4,7-8,10,17H2,1-2H3. The molecule has 0 aliphatic heterocycles. The topological polar surface area (TPSA) is 42.1 Å². The lowest BCUT2D eigenvalue weighted by Gasteiger charge is -2.28. The van der Waals surface area contributed by atoms with Crippen molar-refractivity contribution in [2.75, 3.05) is 18.5 Å². The van der Waals surface area contributed by atoms with Gasteiger partial charge in [-0.05, 0) is 56.1 Å². The Morgan fingerprint density at radius 3 is 2.74 bits per heavy atom. The summed E-state index contributed by atoms with van der Waals surface area (Å²) < 4.78 is 0. The van der Waals surface area contributed by atoms with Crippen LogP contribution in [0.5, 0.6) is 0 Å². The van der Waals surface area contributed by atoms with Crippen molar-refractivity contribution >= 4 is 5.69 Å². The second-order valence-electron chi connectivity index (χ2n) is 6.55. The van der Waals surface area contributed by atoms with Gasteiger partial charge in [0.05, 0.1) is 17.6 Å². The quantitative estimate of drug-likeness (QED) is 0.904. The van der Waals surface area contributed by atoms with E-state index in [0.717, 1.165) is 23.4 Å². The van der Waals surface area contributed by atoms with Crippen molar-refractivity contribution in [1.29, 1.82) is 0 Å². The van der Waals surface area contributed by atoms with Gasteiger partial charge < -0.3 is 10.6 Å². The summed E-state index contributed by atoms with van der Waals surface area (Å²) in [6.45, 7) is 3.15. The maximum Gasteiger partial charge on any atom is 0.0569 e. The van der Waals surface area contributed by atoms with Crippen LogP contribution in [-0.4, -0.2) is 18.6 Å². The van der Waals surface area contributed by atoms with Gasteiger partial charge in [0.2, 0.25) is 0 Å².